The van der Waals surface area contributed by atoms with Gasteiger partial charge in [0.05, 0.1) is 11.5 Å². The van der Waals surface area contributed by atoms with Crippen molar-refractivity contribution >= 4 is 69.6 Å². The average molecular weight is 530 g/mol. The summed E-state index contributed by atoms with van der Waals surface area (Å²) in [6.45, 7) is 0. The summed E-state index contributed by atoms with van der Waals surface area (Å²) in [7, 11) is 0. The highest BCUT2D eigenvalue weighted by Crippen LogP contribution is 2.65. The maximum absolute atomic E-state index is 14.3. The third-order valence-electron chi connectivity index (χ3n) is 5.16. The molecule has 170 valence electrons. The molecule has 1 saturated carbocycles. The van der Waals surface area contributed by atoms with Crippen LogP contribution in [-0.2, 0) is 4.79 Å². The number of halogens is 6. The van der Waals surface area contributed by atoms with Crippen LogP contribution >= 0.6 is 46.4 Å². The Morgan fingerprint density at radius 2 is 1.42 bits per heavy atom. The zero-order chi connectivity index (χ0) is 23.9. The molecular weight excluding hydrogens is 516 g/mol. The highest BCUT2D eigenvalue weighted by molar-refractivity contribution is 6.53. The smallest absolute Gasteiger partial charge is 0.258 e. The summed E-state index contributed by atoms with van der Waals surface area (Å²) in [6, 6.07) is 13.3. The summed E-state index contributed by atoms with van der Waals surface area (Å²) in [6.07, 6.45) is 0. The summed E-state index contributed by atoms with van der Waals surface area (Å²) < 4.78 is 25.9. The van der Waals surface area contributed by atoms with Gasteiger partial charge < -0.3 is 10.6 Å². The van der Waals surface area contributed by atoms with E-state index in [1.54, 1.807) is 18.2 Å². The quantitative estimate of drug-likeness (QED) is 0.348. The van der Waals surface area contributed by atoms with Crippen molar-refractivity contribution in [3.63, 3.8) is 0 Å². The molecule has 0 heterocycles. The largest absolute Gasteiger partial charge is 0.326 e. The monoisotopic (exact) mass is 528 g/mol. The van der Waals surface area contributed by atoms with Gasteiger partial charge in [0.2, 0.25) is 5.91 Å². The van der Waals surface area contributed by atoms with Crippen LogP contribution in [0.5, 0.6) is 0 Å². The first kappa shape index (κ1) is 23.8. The average Bonchev–Trinajstić information content (AvgIpc) is 3.32. The van der Waals surface area contributed by atoms with E-state index in [4.69, 9.17) is 46.4 Å². The Morgan fingerprint density at radius 1 is 0.818 bits per heavy atom. The van der Waals surface area contributed by atoms with Crippen LogP contribution in [0.2, 0.25) is 10.0 Å². The van der Waals surface area contributed by atoms with Gasteiger partial charge in [-0.3, -0.25) is 9.59 Å². The lowest BCUT2D eigenvalue weighted by Gasteiger charge is -2.10. The number of nitrogens with one attached hydrogen (secondary N) is 2. The molecule has 3 aromatic rings. The number of carbonyl (C=O) groups is 2. The lowest BCUT2D eigenvalue weighted by Crippen LogP contribution is -2.18. The van der Waals surface area contributed by atoms with Gasteiger partial charge >= 0.3 is 0 Å². The summed E-state index contributed by atoms with van der Waals surface area (Å²) in [5.74, 6) is -3.93. The van der Waals surface area contributed by atoms with Gasteiger partial charge in [-0.05, 0) is 66.2 Å². The number of hydrogen-bond acceptors (Lipinski definition) is 2. The molecule has 33 heavy (non-hydrogen) atoms. The van der Waals surface area contributed by atoms with E-state index in [0.29, 0.717) is 15.6 Å². The second kappa shape index (κ2) is 9.11. The van der Waals surface area contributed by atoms with E-state index < -0.39 is 39.6 Å². The third kappa shape index (κ3) is 5.09. The third-order valence-corrected chi connectivity index (χ3v) is 6.54. The first-order chi connectivity index (χ1) is 15.6. The summed E-state index contributed by atoms with van der Waals surface area (Å²) >= 11 is 24.8. The van der Waals surface area contributed by atoms with E-state index in [2.05, 4.69) is 10.6 Å². The predicted molar refractivity (Wildman–Crippen MR) is 127 cm³/mol. The number of alkyl halides is 2. The van der Waals surface area contributed by atoms with E-state index in [1.165, 1.54) is 24.3 Å². The van der Waals surface area contributed by atoms with Crippen molar-refractivity contribution < 1.29 is 18.4 Å². The van der Waals surface area contributed by atoms with Crippen LogP contribution in [-0.4, -0.2) is 16.1 Å². The van der Waals surface area contributed by atoms with Gasteiger partial charge in [0, 0.05) is 27.3 Å². The Hall–Kier alpha value is -2.38. The van der Waals surface area contributed by atoms with Gasteiger partial charge in [0.1, 0.15) is 16.0 Å². The molecule has 1 aliphatic rings. The Bertz CT molecular complexity index is 1230. The van der Waals surface area contributed by atoms with Crippen LogP contribution in [0.15, 0.2) is 60.7 Å². The molecule has 2 N–H and O–H groups in total. The van der Waals surface area contributed by atoms with Crippen molar-refractivity contribution in [1.82, 2.24) is 0 Å². The van der Waals surface area contributed by atoms with Crippen molar-refractivity contribution in [2.24, 2.45) is 5.92 Å². The molecule has 4 rings (SSSR count). The second-order valence-corrected chi connectivity index (χ2v) is 9.79. The minimum atomic E-state index is -1.39. The first-order valence-electron chi connectivity index (χ1n) is 9.57. The SMILES string of the molecule is O=C(Nc1ccc(F)cc1)c1cc(NC(=O)[C@H]2[C@H](c3cc(Cl)cc(Cl)c3)C2(Cl)Cl)ccc1F. The number of rotatable bonds is 5. The lowest BCUT2D eigenvalue weighted by molar-refractivity contribution is -0.117. The summed E-state index contributed by atoms with van der Waals surface area (Å²) in [4.78, 5) is 25.3. The van der Waals surface area contributed by atoms with Crippen molar-refractivity contribution in [3.05, 3.63) is 93.5 Å². The molecule has 1 aliphatic carbocycles. The summed E-state index contributed by atoms with van der Waals surface area (Å²) in [5, 5.41) is 5.84. The van der Waals surface area contributed by atoms with Crippen molar-refractivity contribution in [1.29, 1.82) is 0 Å². The maximum Gasteiger partial charge on any atom is 0.258 e. The number of amides is 2. The topological polar surface area (TPSA) is 58.2 Å². The van der Waals surface area contributed by atoms with Gasteiger partial charge in [-0.25, -0.2) is 8.78 Å². The normalized spacial score (nSPS) is 18.5. The molecule has 1 fully saturated rings. The van der Waals surface area contributed by atoms with Crippen LogP contribution in [0, 0.1) is 17.6 Å². The molecule has 10 heteroatoms. The van der Waals surface area contributed by atoms with Crippen molar-refractivity contribution in [2.75, 3.05) is 10.6 Å². The van der Waals surface area contributed by atoms with Gasteiger partial charge in [-0.2, -0.15) is 0 Å². The Balaban J connectivity index is 1.50. The zero-order valence-corrected chi connectivity index (χ0v) is 19.5. The van der Waals surface area contributed by atoms with E-state index in [1.807, 2.05) is 0 Å². The molecule has 2 atom stereocenters. The van der Waals surface area contributed by atoms with Gasteiger partial charge in [0.15, 0.2) is 0 Å². The minimum absolute atomic E-state index is 0.171. The minimum Gasteiger partial charge on any atom is -0.326 e. The fraction of sp³-hybridized carbons (Fsp3) is 0.130. The number of hydrogen-bond donors (Lipinski definition) is 2. The molecule has 3 aromatic carbocycles. The second-order valence-electron chi connectivity index (χ2n) is 7.48. The molecule has 0 aromatic heterocycles. The molecule has 0 aliphatic heterocycles. The Morgan fingerprint density at radius 3 is 2.06 bits per heavy atom. The number of benzene rings is 3. The highest BCUT2D eigenvalue weighted by Gasteiger charge is 2.67. The van der Waals surface area contributed by atoms with Crippen molar-refractivity contribution in [3.8, 4) is 0 Å². The van der Waals surface area contributed by atoms with Crippen LogP contribution < -0.4 is 10.6 Å². The van der Waals surface area contributed by atoms with Crippen LogP contribution in [0.3, 0.4) is 0 Å². The molecule has 2 amide bonds. The molecule has 0 unspecified atom stereocenters. The number of anilines is 2. The summed E-state index contributed by atoms with van der Waals surface area (Å²) in [5.41, 5.74) is 0.750. The van der Waals surface area contributed by atoms with E-state index >= 15 is 0 Å². The molecular formula is C23H14Cl4F2N2O2. The van der Waals surface area contributed by atoms with Crippen LogP contribution in [0.1, 0.15) is 21.8 Å². The van der Waals surface area contributed by atoms with E-state index in [0.717, 1.165) is 18.2 Å². The van der Waals surface area contributed by atoms with Gasteiger partial charge in [0.25, 0.3) is 5.91 Å². The molecule has 0 radical (unpaired) electrons. The van der Waals surface area contributed by atoms with Crippen LogP contribution in [0.4, 0.5) is 20.2 Å². The molecule has 0 bridgehead atoms. The van der Waals surface area contributed by atoms with Crippen LogP contribution in [0.25, 0.3) is 0 Å². The van der Waals surface area contributed by atoms with Gasteiger partial charge in [-0.1, -0.05) is 23.2 Å². The Labute approximate surface area is 207 Å². The van der Waals surface area contributed by atoms with E-state index in [9.17, 15) is 18.4 Å². The van der Waals surface area contributed by atoms with Gasteiger partial charge in [-0.15, -0.1) is 23.2 Å². The standard InChI is InChI=1S/C23H14Cl4F2N2O2/c24-12-7-11(8-13(25)9-12)19-20(23(19,26)27)22(33)31-16-5-6-18(29)17(10-16)21(32)30-15-3-1-14(28)2-4-15/h1-10,19-20H,(H,30,32)(H,31,33)/t19-,20+/m0/s1. The maximum atomic E-state index is 14.3. The molecule has 0 spiro atoms. The molecule has 4 nitrogen and oxygen atoms in total. The number of carbonyl (C=O) groups excluding carboxylic acids is 2. The highest BCUT2D eigenvalue weighted by atomic mass is 35.5. The Kier molecular flexibility index (Phi) is 6.56. The fourth-order valence-electron chi connectivity index (χ4n) is 3.55. The zero-order valence-electron chi connectivity index (χ0n) is 16.5. The van der Waals surface area contributed by atoms with E-state index in [-0.39, 0.29) is 16.9 Å². The lowest BCUT2D eigenvalue weighted by atomic mass is 10.1. The predicted octanol–water partition coefficient (Wildman–Crippen LogP) is 7.05. The molecule has 0 saturated heterocycles. The van der Waals surface area contributed by atoms with Crippen molar-refractivity contribution in [2.45, 2.75) is 10.3 Å². The first-order valence-corrected chi connectivity index (χ1v) is 11.1. The fourth-order valence-corrected chi connectivity index (χ4v) is 4.92.